The summed E-state index contributed by atoms with van der Waals surface area (Å²) in [7, 11) is 0. The number of nitrogens with zero attached hydrogens (tertiary/aromatic N) is 2. The second-order valence-corrected chi connectivity index (χ2v) is 9.90. The lowest BCUT2D eigenvalue weighted by Crippen LogP contribution is -2.58. The Balaban J connectivity index is 1.27. The number of amides is 2. The summed E-state index contributed by atoms with van der Waals surface area (Å²) >= 11 is 0. The molecule has 0 saturated carbocycles. The number of nitrogens with one attached hydrogen (secondary N) is 1. The van der Waals surface area contributed by atoms with Crippen molar-refractivity contribution in [3.05, 3.63) is 12.2 Å². The van der Waals surface area contributed by atoms with Crippen LogP contribution in [0.3, 0.4) is 0 Å². The van der Waals surface area contributed by atoms with Crippen LogP contribution in [-0.4, -0.2) is 72.6 Å². The predicted molar refractivity (Wildman–Crippen MR) is 110 cm³/mol. The number of ether oxygens (including phenoxy) is 1. The highest BCUT2D eigenvalue weighted by molar-refractivity contribution is 5.88. The fourth-order valence-electron chi connectivity index (χ4n) is 6.51. The zero-order valence-corrected chi connectivity index (χ0v) is 17.5. The third kappa shape index (κ3) is 3.63. The van der Waals surface area contributed by atoms with Crippen molar-refractivity contribution < 1.29 is 14.3 Å². The van der Waals surface area contributed by atoms with Crippen LogP contribution in [0.2, 0.25) is 0 Å². The van der Waals surface area contributed by atoms with Crippen molar-refractivity contribution in [2.45, 2.75) is 62.9 Å². The summed E-state index contributed by atoms with van der Waals surface area (Å²) in [6.45, 7) is 5.01. The van der Waals surface area contributed by atoms with Crippen molar-refractivity contribution in [1.29, 1.82) is 0 Å². The minimum atomic E-state index is -0.382. The Bertz CT molecular complexity index is 658. The van der Waals surface area contributed by atoms with Gasteiger partial charge in [-0.2, -0.15) is 0 Å². The first-order valence-electron chi connectivity index (χ1n) is 11.7. The highest BCUT2D eigenvalue weighted by Crippen LogP contribution is 2.42. The summed E-state index contributed by atoms with van der Waals surface area (Å²) in [5.41, 5.74) is -0.382. The van der Waals surface area contributed by atoms with Crippen LogP contribution in [-0.2, 0) is 14.3 Å². The topological polar surface area (TPSA) is 61.9 Å². The summed E-state index contributed by atoms with van der Waals surface area (Å²) < 4.78 is 5.40. The van der Waals surface area contributed by atoms with E-state index in [1.54, 1.807) is 0 Å². The molecular formula is C23H35N3O3. The molecule has 29 heavy (non-hydrogen) atoms. The standard InChI is InChI=1S/C23H35N3O3/c27-21(17-7-11-29-12-8-17)24-20-13-23(9-3-4-10-26(23)16-20)22(28)25-14-18-5-1-2-6-19(18)15-25/h1-2,17-20H,3-16H2,(H,24,27)/t18-,19+,20-,23-/m0/s1. The highest BCUT2D eigenvalue weighted by Gasteiger charge is 2.55. The lowest BCUT2D eigenvalue weighted by Gasteiger charge is -2.42. The number of hydrogen-bond acceptors (Lipinski definition) is 4. The van der Waals surface area contributed by atoms with Gasteiger partial charge in [-0.3, -0.25) is 14.5 Å². The van der Waals surface area contributed by atoms with Gasteiger partial charge in [-0.25, -0.2) is 0 Å². The molecule has 2 amide bonds. The summed E-state index contributed by atoms with van der Waals surface area (Å²) in [5, 5.41) is 3.31. The smallest absolute Gasteiger partial charge is 0.243 e. The molecule has 5 rings (SSSR count). The molecule has 4 aliphatic heterocycles. The van der Waals surface area contributed by atoms with E-state index in [-0.39, 0.29) is 23.4 Å². The Kier molecular flexibility index (Phi) is 5.41. The molecule has 4 fully saturated rings. The van der Waals surface area contributed by atoms with Gasteiger partial charge in [-0.05, 0) is 69.7 Å². The first-order chi connectivity index (χ1) is 14.2. The Morgan fingerprint density at radius 1 is 1.00 bits per heavy atom. The molecule has 0 radical (unpaired) electrons. The predicted octanol–water partition coefficient (Wildman–Crippen LogP) is 1.95. The molecule has 0 unspecified atom stereocenters. The van der Waals surface area contributed by atoms with E-state index in [1.165, 1.54) is 0 Å². The first kappa shape index (κ1) is 19.6. The summed E-state index contributed by atoms with van der Waals surface area (Å²) in [6, 6.07) is 0.0962. The molecule has 4 atom stereocenters. The van der Waals surface area contributed by atoms with Gasteiger partial charge in [0.15, 0.2) is 0 Å². The van der Waals surface area contributed by atoms with Crippen LogP contribution in [0.1, 0.15) is 51.4 Å². The first-order valence-corrected chi connectivity index (χ1v) is 11.7. The van der Waals surface area contributed by atoms with Crippen molar-refractivity contribution in [3.63, 3.8) is 0 Å². The number of carbonyl (C=O) groups excluding carboxylic acids is 2. The Morgan fingerprint density at radius 3 is 2.45 bits per heavy atom. The monoisotopic (exact) mass is 401 g/mol. The minimum absolute atomic E-state index is 0.0715. The van der Waals surface area contributed by atoms with E-state index in [4.69, 9.17) is 4.74 Å². The molecule has 5 aliphatic rings. The number of hydrogen-bond donors (Lipinski definition) is 1. The number of rotatable bonds is 3. The fourth-order valence-corrected chi connectivity index (χ4v) is 6.51. The molecule has 4 heterocycles. The average Bonchev–Trinajstić information content (AvgIpc) is 3.35. The van der Waals surface area contributed by atoms with Crippen LogP contribution in [0.5, 0.6) is 0 Å². The number of carbonyl (C=O) groups is 2. The fraction of sp³-hybridized carbons (Fsp3) is 0.826. The van der Waals surface area contributed by atoms with Crippen LogP contribution >= 0.6 is 0 Å². The molecule has 6 heteroatoms. The summed E-state index contributed by atoms with van der Waals surface area (Å²) in [5.74, 6) is 1.86. The third-order valence-corrected chi connectivity index (χ3v) is 8.14. The van der Waals surface area contributed by atoms with Crippen LogP contribution in [0.15, 0.2) is 12.2 Å². The van der Waals surface area contributed by atoms with Gasteiger partial charge >= 0.3 is 0 Å². The van der Waals surface area contributed by atoms with Crippen LogP contribution < -0.4 is 5.32 Å². The Hall–Kier alpha value is -1.40. The van der Waals surface area contributed by atoms with Gasteiger partial charge in [0.25, 0.3) is 0 Å². The lowest BCUT2D eigenvalue weighted by atomic mass is 9.84. The van der Waals surface area contributed by atoms with Crippen LogP contribution in [0, 0.1) is 17.8 Å². The van der Waals surface area contributed by atoms with Gasteiger partial charge in [-0.15, -0.1) is 0 Å². The minimum Gasteiger partial charge on any atom is -0.381 e. The van der Waals surface area contributed by atoms with Gasteiger partial charge in [0.05, 0.1) is 0 Å². The van der Waals surface area contributed by atoms with Crippen LogP contribution in [0.25, 0.3) is 0 Å². The van der Waals surface area contributed by atoms with Gasteiger partial charge in [0.1, 0.15) is 5.54 Å². The van der Waals surface area contributed by atoms with E-state index >= 15 is 0 Å². The molecule has 1 aliphatic carbocycles. The Morgan fingerprint density at radius 2 is 1.72 bits per heavy atom. The second kappa shape index (κ2) is 8.03. The van der Waals surface area contributed by atoms with Crippen LogP contribution in [0.4, 0.5) is 0 Å². The molecule has 6 nitrogen and oxygen atoms in total. The number of piperidine rings is 1. The van der Waals surface area contributed by atoms with E-state index in [2.05, 4.69) is 27.3 Å². The lowest BCUT2D eigenvalue weighted by molar-refractivity contribution is -0.144. The van der Waals surface area contributed by atoms with Crippen molar-refractivity contribution in [2.75, 3.05) is 39.4 Å². The van der Waals surface area contributed by atoms with E-state index in [1.807, 2.05) is 0 Å². The van der Waals surface area contributed by atoms with Gasteiger partial charge < -0.3 is 15.0 Å². The van der Waals surface area contributed by atoms with Crippen molar-refractivity contribution in [2.24, 2.45) is 17.8 Å². The van der Waals surface area contributed by atoms with Gasteiger partial charge in [0, 0.05) is 44.8 Å². The largest absolute Gasteiger partial charge is 0.381 e. The molecule has 0 aromatic carbocycles. The summed E-state index contributed by atoms with van der Waals surface area (Å²) in [6.07, 6.45) is 12.5. The highest BCUT2D eigenvalue weighted by atomic mass is 16.5. The van der Waals surface area contributed by atoms with Gasteiger partial charge in [-0.1, -0.05) is 12.2 Å². The SMILES string of the molecule is O=C(N[C@@H]1CN2CCCC[C@@]2(C(=O)N2C[C@H]3CC=CC[C@H]3C2)C1)C1CCOCC1. The van der Waals surface area contributed by atoms with Crippen molar-refractivity contribution in [1.82, 2.24) is 15.1 Å². The van der Waals surface area contributed by atoms with Crippen molar-refractivity contribution >= 4 is 11.8 Å². The number of allylic oxidation sites excluding steroid dienone is 2. The molecule has 0 bridgehead atoms. The zero-order valence-electron chi connectivity index (χ0n) is 17.5. The normalized spacial score (nSPS) is 37.9. The van der Waals surface area contributed by atoms with E-state index < -0.39 is 0 Å². The molecular weight excluding hydrogens is 366 g/mol. The maximum absolute atomic E-state index is 13.8. The molecule has 0 aromatic rings. The van der Waals surface area contributed by atoms with E-state index in [0.29, 0.717) is 31.0 Å². The average molecular weight is 402 g/mol. The molecule has 1 N–H and O–H groups in total. The van der Waals surface area contributed by atoms with Crippen molar-refractivity contribution in [3.8, 4) is 0 Å². The molecule has 4 saturated heterocycles. The second-order valence-electron chi connectivity index (χ2n) is 9.90. The maximum Gasteiger partial charge on any atom is 0.243 e. The van der Waals surface area contributed by atoms with E-state index in [9.17, 15) is 9.59 Å². The maximum atomic E-state index is 13.8. The summed E-state index contributed by atoms with van der Waals surface area (Å²) in [4.78, 5) is 31.2. The van der Waals surface area contributed by atoms with E-state index in [0.717, 1.165) is 77.5 Å². The number of fused-ring (bicyclic) bond motifs is 2. The Labute approximate surface area is 174 Å². The molecule has 160 valence electrons. The quantitative estimate of drug-likeness (QED) is 0.735. The third-order valence-electron chi connectivity index (χ3n) is 8.14. The zero-order chi connectivity index (χ0) is 19.8. The molecule has 0 aromatic heterocycles. The van der Waals surface area contributed by atoms with Gasteiger partial charge in [0.2, 0.25) is 11.8 Å². The molecule has 0 spiro atoms. The number of likely N-dealkylation sites (tertiary alicyclic amines) is 1.